The summed E-state index contributed by atoms with van der Waals surface area (Å²) in [5.74, 6) is 1.80. The molecule has 1 aromatic carbocycles. The summed E-state index contributed by atoms with van der Waals surface area (Å²) in [5.41, 5.74) is 1.69. The van der Waals surface area contributed by atoms with Crippen molar-refractivity contribution in [3.05, 3.63) is 23.3 Å². The van der Waals surface area contributed by atoms with Crippen LogP contribution in [0.2, 0.25) is 0 Å². The Labute approximate surface area is 114 Å². The van der Waals surface area contributed by atoms with Gasteiger partial charge < -0.3 is 14.8 Å². The molecular weight excluding hydrogens is 242 g/mol. The van der Waals surface area contributed by atoms with Crippen LogP contribution in [0.15, 0.2) is 12.1 Å². The van der Waals surface area contributed by atoms with Crippen LogP contribution in [0.25, 0.3) is 0 Å². The molecule has 19 heavy (non-hydrogen) atoms. The molecule has 4 nitrogen and oxygen atoms in total. The Morgan fingerprint density at radius 3 is 2.74 bits per heavy atom. The summed E-state index contributed by atoms with van der Waals surface area (Å²) in [6.07, 6.45) is 0.867. The monoisotopic (exact) mass is 263 g/mol. The molecule has 1 aromatic rings. The molecule has 4 heteroatoms. The highest BCUT2D eigenvalue weighted by atomic mass is 16.5. The summed E-state index contributed by atoms with van der Waals surface area (Å²) in [6, 6.07) is 3.69. The highest BCUT2D eigenvalue weighted by Gasteiger charge is 2.23. The number of rotatable bonds is 4. The van der Waals surface area contributed by atoms with Gasteiger partial charge in [0.2, 0.25) is 0 Å². The Morgan fingerprint density at radius 2 is 2.05 bits per heavy atom. The maximum atomic E-state index is 12.2. The second-order valence-corrected chi connectivity index (χ2v) is 5.01. The quantitative estimate of drug-likeness (QED) is 0.847. The van der Waals surface area contributed by atoms with E-state index in [1.165, 1.54) is 0 Å². The van der Waals surface area contributed by atoms with Crippen LogP contribution in [0.3, 0.4) is 0 Å². The zero-order valence-corrected chi connectivity index (χ0v) is 11.8. The average molecular weight is 263 g/mol. The van der Waals surface area contributed by atoms with E-state index < -0.39 is 0 Å². The Balaban J connectivity index is 2.50. The Morgan fingerprint density at radius 1 is 1.32 bits per heavy atom. The number of ether oxygens (including phenoxy) is 2. The number of fused-ring (bicyclic) bond motifs is 1. The molecule has 0 aliphatic carbocycles. The molecule has 1 aliphatic rings. The van der Waals surface area contributed by atoms with Crippen molar-refractivity contribution < 1.29 is 14.3 Å². The van der Waals surface area contributed by atoms with Crippen LogP contribution in [0.5, 0.6) is 11.5 Å². The molecule has 0 amide bonds. The minimum atomic E-state index is 0.0850. The molecule has 0 fully saturated rings. The number of ketones is 1. The third-order valence-corrected chi connectivity index (χ3v) is 3.17. The largest absolute Gasteiger partial charge is 0.490 e. The second kappa shape index (κ2) is 6.06. The lowest BCUT2D eigenvalue weighted by Gasteiger charge is -2.18. The van der Waals surface area contributed by atoms with E-state index in [-0.39, 0.29) is 11.7 Å². The normalized spacial score (nSPS) is 14.3. The molecular formula is C15H21NO3. The van der Waals surface area contributed by atoms with E-state index in [2.05, 4.69) is 19.2 Å². The number of benzene rings is 1. The van der Waals surface area contributed by atoms with Gasteiger partial charge in [0.15, 0.2) is 17.3 Å². The van der Waals surface area contributed by atoms with E-state index in [1.54, 1.807) is 7.05 Å². The number of nitrogens with one attached hydrogen (secondary N) is 1. The SMILES string of the molecule is CNCC(=O)c1ccc2c(c1C(C)C)OCCCO2. The summed E-state index contributed by atoms with van der Waals surface area (Å²) in [4.78, 5) is 12.2. The zero-order valence-electron chi connectivity index (χ0n) is 11.8. The molecule has 1 N–H and O–H groups in total. The Kier molecular flexibility index (Phi) is 4.43. The van der Waals surface area contributed by atoms with Gasteiger partial charge in [-0.2, -0.15) is 0 Å². The molecule has 1 heterocycles. The summed E-state index contributed by atoms with van der Waals surface area (Å²) >= 11 is 0. The van der Waals surface area contributed by atoms with Crippen LogP contribution in [-0.2, 0) is 0 Å². The Bertz CT molecular complexity index is 469. The number of carbonyl (C=O) groups excluding carboxylic acids is 1. The molecule has 1 aliphatic heterocycles. The van der Waals surface area contributed by atoms with E-state index in [1.807, 2.05) is 12.1 Å². The molecule has 0 radical (unpaired) electrons. The average Bonchev–Trinajstić information content (AvgIpc) is 2.62. The highest BCUT2D eigenvalue weighted by Crippen LogP contribution is 2.39. The van der Waals surface area contributed by atoms with Crippen molar-refractivity contribution >= 4 is 5.78 Å². The van der Waals surface area contributed by atoms with Crippen molar-refractivity contribution in [2.24, 2.45) is 0 Å². The summed E-state index contributed by atoms with van der Waals surface area (Å²) in [6.45, 7) is 5.77. The lowest BCUT2D eigenvalue weighted by atomic mass is 9.93. The van der Waals surface area contributed by atoms with Gasteiger partial charge in [0.25, 0.3) is 0 Å². The molecule has 0 unspecified atom stereocenters. The van der Waals surface area contributed by atoms with Crippen molar-refractivity contribution in [3.63, 3.8) is 0 Å². The first kappa shape index (κ1) is 13.9. The van der Waals surface area contributed by atoms with E-state index in [0.717, 1.165) is 29.0 Å². The minimum absolute atomic E-state index is 0.0850. The van der Waals surface area contributed by atoms with Crippen LogP contribution in [0, 0.1) is 0 Å². The fourth-order valence-electron chi connectivity index (χ4n) is 2.33. The lowest BCUT2D eigenvalue weighted by Crippen LogP contribution is -2.20. The number of Topliss-reactive ketones (excluding diaryl/α,β-unsaturated/α-hetero) is 1. The third-order valence-electron chi connectivity index (χ3n) is 3.17. The van der Waals surface area contributed by atoms with E-state index in [9.17, 15) is 4.79 Å². The van der Waals surface area contributed by atoms with Crippen LogP contribution in [0.1, 0.15) is 42.1 Å². The number of hydrogen-bond acceptors (Lipinski definition) is 4. The first-order valence-electron chi connectivity index (χ1n) is 6.75. The molecule has 0 atom stereocenters. The zero-order chi connectivity index (χ0) is 13.8. The van der Waals surface area contributed by atoms with Gasteiger partial charge >= 0.3 is 0 Å². The van der Waals surface area contributed by atoms with Crippen LogP contribution in [-0.4, -0.2) is 32.6 Å². The van der Waals surface area contributed by atoms with Crippen molar-refractivity contribution in [3.8, 4) is 11.5 Å². The van der Waals surface area contributed by atoms with E-state index in [4.69, 9.17) is 9.47 Å². The van der Waals surface area contributed by atoms with Gasteiger partial charge in [0.1, 0.15) is 0 Å². The van der Waals surface area contributed by atoms with Crippen molar-refractivity contribution in [1.29, 1.82) is 0 Å². The predicted molar refractivity (Wildman–Crippen MR) is 74.4 cm³/mol. The first-order chi connectivity index (χ1) is 9.15. The summed E-state index contributed by atoms with van der Waals surface area (Å²) < 4.78 is 11.5. The van der Waals surface area contributed by atoms with E-state index >= 15 is 0 Å². The topological polar surface area (TPSA) is 47.6 Å². The smallest absolute Gasteiger partial charge is 0.177 e. The van der Waals surface area contributed by atoms with Gasteiger partial charge in [-0.25, -0.2) is 0 Å². The molecule has 2 rings (SSSR count). The van der Waals surface area contributed by atoms with E-state index in [0.29, 0.717) is 19.8 Å². The lowest BCUT2D eigenvalue weighted by molar-refractivity contribution is 0.0991. The van der Waals surface area contributed by atoms with Gasteiger partial charge in [-0.15, -0.1) is 0 Å². The highest BCUT2D eigenvalue weighted by molar-refractivity contribution is 6.00. The standard InChI is InChI=1S/C15H21NO3/c1-10(2)14-11(12(17)9-16-3)5-6-13-15(14)19-8-4-7-18-13/h5-6,10,16H,4,7-9H2,1-3H3. The van der Waals surface area contributed by atoms with Crippen LogP contribution in [0.4, 0.5) is 0 Å². The van der Waals surface area contributed by atoms with Gasteiger partial charge in [0, 0.05) is 17.5 Å². The van der Waals surface area contributed by atoms with Crippen LogP contribution >= 0.6 is 0 Å². The molecule has 0 aromatic heterocycles. The molecule has 104 valence electrons. The summed E-state index contributed by atoms with van der Waals surface area (Å²) in [5, 5.41) is 2.90. The number of carbonyl (C=O) groups is 1. The minimum Gasteiger partial charge on any atom is -0.490 e. The van der Waals surface area contributed by atoms with Crippen molar-refractivity contribution in [2.75, 3.05) is 26.8 Å². The van der Waals surface area contributed by atoms with Gasteiger partial charge in [-0.1, -0.05) is 13.8 Å². The number of hydrogen-bond donors (Lipinski definition) is 1. The maximum Gasteiger partial charge on any atom is 0.177 e. The van der Waals surface area contributed by atoms with Crippen molar-refractivity contribution in [1.82, 2.24) is 5.32 Å². The fourth-order valence-corrected chi connectivity index (χ4v) is 2.33. The maximum absolute atomic E-state index is 12.2. The summed E-state index contributed by atoms with van der Waals surface area (Å²) in [7, 11) is 1.77. The predicted octanol–water partition coefficient (Wildman–Crippen LogP) is 2.37. The first-order valence-corrected chi connectivity index (χ1v) is 6.75. The second-order valence-electron chi connectivity index (χ2n) is 5.01. The third kappa shape index (κ3) is 2.89. The Hall–Kier alpha value is -1.55. The fraction of sp³-hybridized carbons (Fsp3) is 0.533. The molecule has 0 bridgehead atoms. The molecule has 0 saturated carbocycles. The van der Waals surface area contributed by atoms with Gasteiger partial charge in [-0.3, -0.25) is 4.79 Å². The van der Waals surface area contributed by atoms with Gasteiger partial charge in [-0.05, 0) is 25.1 Å². The number of likely N-dealkylation sites (N-methyl/N-ethyl adjacent to an activating group) is 1. The van der Waals surface area contributed by atoms with Crippen molar-refractivity contribution in [2.45, 2.75) is 26.2 Å². The van der Waals surface area contributed by atoms with Gasteiger partial charge in [0.05, 0.1) is 19.8 Å². The van der Waals surface area contributed by atoms with Crippen LogP contribution < -0.4 is 14.8 Å². The molecule has 0 spiro atoms. The molecule has 0 saturated heterocycles.